The number of rotatable bonds is 4. The van der Waals surface area contributed by atoms with E-state index in [2.05, 4.69) is 5.16 Å². The third-order valence-corrected chi connectivity index (χ3v) is 2.99. The van der Waals surface area contributed by atoms with Crippen molar-refractivity contribution in [3.8, 4) is 0 Å². The summed E-state index contributed by atoms with van der Waals surface area (Å²) >= 11 is 0. The van der Waals surface area contributed by atoms with Gasteiger partial charge in [-0.15, -0.1) is 0 Å². The van der Waals surface area contributed by atoms with E-state index in [1.807, 2.05) is 32.9 Å². The zero-order valence-electron chi connectivity index (χ0n) is 11.0. The smallest absolute Gasteiger partial charge is 0.254 e. The van der Waals surface area contributed by atoms with E-state index in [1.54, 1.807) is 6.07 Å². The molecule has 0 spiro atoms. The lowest BCUT2D eigenvalue weighted by molar-refractivity contribution is 0.0785. The van der Waals surface area contributed by atoms with Crippen molar-refractivity contribution < 1.29 is 10.0 Å². The second kappa shape index (κ2) is 6.05. The molecule has 0 aliphatic heterocycles. The number of benzene rings is 1. The number of nitrogens with zero attached hydrogens (tertiary/aromatic N) is 2. The fraction of sp³-hybridized carbons (Fsp3) is 0.385. The van der Waals surface area contributed by atoms with E-state index in [-0.39, 0.29) is 18.3 Å². The Morgan fingerprint density at radius 3 is 2.67 bits per heavy atom. The van der Waals surface area contributed by atoms with Gasteiger partial charge in [0.15, 0.2) is 5.84 Å². The molecule has 0 unspecified atom stereocenters. The molecule has 0 saturated heterocycles. The van der Waals surface area contributed by atoms with Gasteiger partial charge in [-0.25, -0.2) is 0 Å². The van der Waals surface area contributed by atoms with Crippen molar-refractivity contribution in [1.29, 1.82) is 0 Å². The first-order valence-electron chi connectivity index (χ1n) is 5.83. The maximum atomic E-state index is 12.3. The van der Waals surface area contributed by atoms with Gasteiger partial charge < -0.3 is 15.8 Å². The molecule has 0 bridgehead atoms. The van der Waals surface area contributed by atoms with Crippen LogP contribution >= 0.6 is 0 Å². The Bertz CT molecular complexity index is 469. The van der Waals surface area contributed by atoms with Crippen LogP contribution in [0.1, 0.15) is 28.4 Å². The highest BCUT2D eigenvalue weighted by atomic mass is 16.4. The number of amidine groups is 1. The Morgan fingerprint density at radius 2 is 2.11 bits per heavy atom. The standard InChI is InChI=1S/C13H19N3O2/c1-4-16(8-12(14)15-18)13(17)11-7-5-6-9(2)10(11)3/h5-7,18H,4,8H2,1-3H3,(H2,14,15). The quantitative estimate of drug-likeness (QED) is 0.367. The van der Waals surface area contributed by atoms with Gasteiger partial charge in [0, 0.05) is 12.1 Å². The predicted octanol–water partition coefficient (Wildman–Crippen LogP) is 1.51. The van der Waals surface area contributed by atoms with Crippen LogP contribution in [0, 0.1) is 13.8 Å². The topological polar surface area (TPSA) is 78.9 Å². The van der Waals surface area contributed by atoms with Crippen LogP contribution in [-0.2, 0) is 0 Å². The predicted molar refractivity (Wildman–Crippen MR) is 70.9 cm³/mol. The van der Waals surface area contributed by atoms with Crippen LogP contribution in [0.25, 0.3) is 0 Å². The molecule has 3 N–H and O–H groups in total. The fourth-order valence-corrected chi connectivity index (χ4v) is 1.71. The molecule has 1 aromatic carbocycles. The van der Waals surface area contributed by atoms with Gasteiger partial charge in [0.2, 0.25) is 0 Å². The monoisotopic (exact) mass is 249 g/mol. The number of hydrogen-bond acceptors (Lipinski definition) is 3. The van der Waals surface area contributed by atoms with E-state index in [1.165, 1.54) is 4.90 Å². The molecule has 1 amide bonds. The summed E-state index contributed by atoms with van der Waals surface area (Å²) in [6, 6.07) is 5.61. The third kappa shape index (κ3) is 3.00. The van der Waals surface area contributed by atoms with Gasteiger partial charge in [0.05, 0.1) is 6.54 Å². The van der Waals surface area contributed by atoms with Gasteiger partial charge in [-0.2, -0.15) is 0 Å². The minimum absolute atomic E-state index is 0.0236. The molecule has 0 saturated carbocycles. The summed E-state index contributed by atoms with van der Waals surface area (Å²) < 4.78 is 0. The van der Waals surface area contributed by atoms with Crippen molar-refractivity contribution in [1.82, 2.24) is 4.90 Å². The number of likely N-dealkylation sites (N-methyl/N-ethyl adjacent to an activating group) is 1. The molecule has 0 fully saturated rings. The van der Waals surface area contributed by atoms with Crippen LogP contribution in [0.4, 0.5) is 0 Å². The highest BCUT2D eigenvalue weighted by Crippen LogP contribution is 2.14. The lowest BCUT2D eigenvalue weighted by atomic mass is 10.0. The zero-order chi connectivity index (χ0) is 13.7. The van der Waals surface area contributed by atoms with Crippen LogP contribution in [0.15, 0.2) is 23.4 Å². The Balaban J connectivity index is 3.00. The number of carbonyl (C=O) groups is 1. The largest absolute Gasteiger partial charge is 0.409 e. The number of nitrogens with two attached hydrogens (primary N) is 1. The van der Waals surface area contributed by atoms with Crippen molar-refractivity contribution in [3.63, 3.8) is 0 Å². The van der Waals surface area contributed by atoms with Crippen molar-refractivity contribution in [3.05, 3.63) is 34.9 Å². The molecule has 0 radical (unpaired) electrons. The van der Waals surface area contributed by atoms with E-state index in [0.717, 1.165) is 11.1 Å². The van der Waals surface area contributed by atoms with E-state index in [4.69, 9.17) is 10.9 Å². The molecule has 5 nitrogen and oxygen atoms in total. The van der Waals surface area contributed by atoms with Gasteiger partial charge in [0.1, 0.15) is 0 Å². The van der Waals surface area contributed by atoms with E-state index >= 15 is 0 Å². The number of amides is 1. The summed E-state index contributed by atoms with van der Waals surface area (Å²) in [4.78, 5) is 13.9. The van der Waals surface area contributed by atoms with E-state index in [9.17, 15) is 4.79 Å². The van der Waals surface area contributed by atoms with Crippen LogP contribution in [0.5, 0.6) is 0 Å². The van der Waals surface area contributed by atoms with Gasteiger partial charge in [-0.05, 0) is 38.0 Å². The first-order valence-corrected chi connectivity index (χ1v) is 5.83. The first kappa shape index (κ1) is 14.0. The van der Waals surface area contributed by atoms with Crippen LogP contribution in [-0.4, -0.2) is 34.9 Å². The number of oxime groups is 1. The lowest BCUT2D eigenvalue weighted by Gasteiger charge is -2.21. The summed E-state index contributed by atoms with van der Waals surface area (Å²) in [6.07, 6.45) is 0. The maximum Gasteiger partial charge on any atom is 0.254 e. The highest BCUT2D eigenvalue weighted by molar-refractivity contribution is 5.98. The van der Waals surface area contributed by atoms with Gasteiger partial charge in [-0.1, -0.05) is 17.3 Å². The minimum atomic E-state index is -0.106. The van der Waals surface area contributed by atoms with Crippen molar-refractivity contribution in [2.75, 3.05) is 13.1 Å². The molecule has 0 aliphatic carbocycles. The second-order valence-corrected chi connectivity index (χ2v) is 4.16. The molecule has 98 valence electrons. The normalized spacial score (nSPS) is 11.4. The molecular weight excluding hydrogens is 230 g/mol. The second-order valence-electron chi connectivity index (χ2n) is 4.16. The molecule has 0 atom stereocenters. The molecule has 18 heavy (non-hydrogen) atoms. The molecule has 5 heteroatoms. The summed E-state index contributed by atoms with van der Waals surface area (Å²) in [7, 11) is 0. The van der Waals surface area contributed by atoms with E-state index < -0.39 is 0 Å². The summed E-state index contributed by atoms with van der Waals surface area (Å²) in [5.41, 5.74) is 8.12. The Labute approximate surface area is 107 Å². The summed E-state index contributed by atoms with van der Waals surface area (Å²) in [5, 5.41) is 11.4. The van der Waals surface area contributed by atoms with Crippen molar-refractivity contribution >= 4 is 11.7 Å². The van der Waals surface area contributed by atoms with Crippen LogP contribution in [0.3, 0.4) is 0 Å². The van der Waals surface area contributed by atoms with Crippen LogP contribution < -0.4 is 5.73 Å². The fourth-order valence-electron chi connectivity index (χ4n) is 1.71. The Hall–Kier alpha value is -2.04. The average Bonchev–Trinajstić information content (AvgIpc) is 2.38. The molecule has 1 aromatic rings. The van der Waals surface area contributed by atoms with Crippen molar-refractivity contribution in [2.45, 2.75) is 20.8 Å². The average molecular weight is 249 g/mol. The molecule has 0 aliphatic rings. The Kier molecular flexibility index (Phi) is 4.71. The summed E-state index contributed by atoms with van der Waals surface area (Å²) in [5.74, 6) is -0.0826. The molecule has 1 rings (SSSR count). The molecule has 0 heterocycles. The maximum absolute atomic E-state index is 12.3. The Morgan fingerprint density at radius 1 is 1.44 bits per heavy atom. The van der Waals surface area contributed by atoms with Gasteiger partial charge in [-0.3, -0.25) is 4.79 Å². The van der Waals surface area contributed by atoms with Gasteiger partial charge >= 0.3 is 0 Å². The zero-order valence-corrected chi connectivity index (χ0v) is 11.0. The SMILES string of the molecule is CCN(CC(N)=NO)C(=O)c1cccc(C)c1C. The number of hydrogen-bond donors (Lipinski definition) is 2. The number of carbonyl (C=O) groups excluding carboxylic acids is 1. The first-order chi connectivity index (χ1) is 8.51. The minimum Gasteiger partial charge on any atom is -0.409 e. The van der Waals surface area contributed by atoms with Crippen molar-refractivity contribution in [2.24, 2.45) is 10.9 Å². The number of aryl methyl sites for hydroxylation is 1. The highest BCUT2D eigenvalue weighted by Gasteiger charge is 2.17. The van der Waals surface area contributed by atoms with Gasteiger partial charge in [0.25, 0.3) is 5.91 Å². The molecule has 0 aromatic heterocycles. The van der Waals surface area contributed by atoms with Crippen LogP contribution in [0.2, 0.25) is 0 Å². The third-order valence-electron chi connectivity index (χ3n) is 2.99. The summed E-state index contributed by atoms with van der Waals surface area (Å²) in [6.45, 7) is 6.36. The lowest BCUT2D eigenvalue weighted by Crippen LogP contribution is -2.38. The molecular formula is C13H19N3O2. The van der Waals surface area contributed by atoms with E-state index in [0.29, 0.717) is 12.1 Å².